The highest BCUT2D eigenvalue weighted by Crippen LogP contribution is 2.36. The van der Waals surface area contributed by atoms with Gasteiger partial charge in [0.05, 0.1) is 7.11 Å². The van der Waals surface area contributed by atoms with Gasteiger partial charge in [0.15, 0.2) is 0 Å². The predicted molar refractivity (Wildman–Crippen MR) is 74.0 cm³/mol. The zero-order valence-electron chi connectivity index (χ0n) is 10.8. The first-order valence-electron chi connectivity index (χ1n) is 6.27. The second-order valence-electron chi connectivity index (χ2n) is 4.77. The van der Waals surface area contributed by atoms with Crippen LogP contribution < -0.4 is 10.1 Å². The Kier molecular flexibility index (Phi) is 4.35. The first-order valence-corrected chi connectivity index (χ1v) is 7.26. The molecular formula is C14H21NOS. The molecule has 0 aromatic heterocycles. The number of hydrogen-bond acceptors (Lipinski definition) is 3. The van der Waals surface area contributed by atoms with Crippen LogP contribution in [0.5, 0.6) is 5.75 Å². The number of methoxy groups -OCH3 is 1. The van der Waals surface area contributed by atoms with Crippen molar-refractivity contribution in [2.45, 2.75) is 43.7 Å². The van der Waals surface area contributed by atoms with Gasteiger partial charge in [-0.15, -0.1) is 11.8 Å². The van der Waals surface area contributed by atoms with Gasteiger partial charge in [-0.1, -0.05) is 13.8 Å². The number of hydrogen-bond donors (Lipinski definition) is 1. The third-order valence-electron chi connectivity index (χ3n) is 3.02. The summed E-state index contributed by atoms with van der Waals surface area (Å²) in [4.78, 5) is 1.40. The van der Waals surface area contributed by atoms with Crippen LogP contribution in [0.3, 0.4) is 0 Å². The molecule has 0 amide bonds. The van der Waals surface area contributed by atoms with E-state index in [0.717, 1.165) is 5.75 Å². The van der Waals surface area contributed by atoms with E-state index in [9.17, 15) is 0 Å². The van der Waals surface area contributed by atoms with Gasteiger partial charge in [0, 0.05) is 17.0 Å². The third-order valence-corrected chi connectivity index (χ3v) is 4.20. The zero-order valence-corrected chi connectivity index (χ0v) is 11.6. The fraction of sp³-hybridized carbons (Fsp3) is 0.571. The van der Waals surface area contributed by atoms with E-state index in [1.54, 1.807) is 7.11 Å². The number of benzene rings is 1. The monoisotopic (exact) mass is 251 g/mol. The SMILES string of the molecule is COc1ccc2c(c1)C(NC(C)C)CCCS2. The van der Waals surface area contributed by atoms with Crippen LogP contribution in [-0.2, 0) is 0 Å². The summed E-state index contributed by atoms with van der Waals surface area (Å²) < 4.78 is 5.34. The van der Waals surface area contributed by atoms with Crippen molar-refractivity contribution < 1.29 is 4.74 Å². The summed E-state index contributed by atoms with van der Waals surface area (Å²) in [6.07, 6.45) is 2.48. The minimum atomic E-state index is 0.468. The molecule has 1 aliphatic rings. The molecule has 2 rings (SSSR count). The van der Waals surface area contributed by atoms with Crippen molar-refractivity contribution in [1.29, 1.82) is 0 Å². The van der Waals surface area contributed by atoms with Crippen molar-refractivity contribution in [3.63, 3.8) is 0 Å². The molecule has 0 saturated heterocycles. The highest BCUT2D eigenvalue weighted by molar-refractivity contribution is 7.99. The van der Waals surface area contributed by atoms with Gasteiger partial charge in [-0.3, -0.25) is 0 Å². The highest BCUT2D eigenvalue weighted by atomic mass is 32.2. The quantitative estimate of drug-likeness (QED) is 0.886. The molecule has 1 atom stereocenters. The van der Waals surface area contributed by atoms with Gasteiger partial charge in [0.25, 0.3) is 0 Å². The molecule has 0 radical (unpaired) electrons. The maximum absolute atomic E-state index is 5.34. The second-order valence-corrected chi connectivity index (χ2v) is 5.91. The van der Waals surface area contributed by atoms with Crippen molar-refractivity contribution in [2.75, 3.05) is 12.9 Å². The third kappa shape index (κ3) is 3.17. The predicted octanol–water partition coefficient (Wildman–Crippen LogP) is 3.62. The van der Waals surface area contributed by atoms with Gasteiger partial charge in [0.1, 0.15) is 5.75 Å². The molecule has 1 aromatic rings. The lowest BCUT2D eigenvalue weighted by atomic mass is 10.0. The summed E-state index contributed by atoms with van der Waals surface area (Å²) >= 11 is 1.96. The molecule has 1 heterocycles. The molecule has 0 saturated carbocycles. The number of fused-ring (bicyclic) bond motifs is 1. The van der Waals surface area contributed by atoms with Gasteiger partial charge in [-0.05, 0) is 42.4 Å². The number of ether oxygens (including phenoxy) is 1. The molecule has 1 aromatic carbocycles. The number of nitrogens with one attached hydrogen (secondary N) is 1. The Morgan fingerprint density at radius 1 is 1.41 bits per heavy atom. The molecule has 94 valence electrons. The van der Waals surface area contributed by atoms with Crippen LogP contribution in [0.1, 0.15) is 38.3 Å². The van der Waals surface area contributed by atoms with Crippen molar-refractivity contribution in [3.05, 3.63) is 23.8 Å². The molecule has 1 N–H and O–H groups in total. The highest BCUT2D eigenvalue weighted by Gasteiger charge is 2.20. The smallest absolute Gasteiger partial charge is 0.119 e. The van der Waals surface area contributed by atoms with Crippen molar-refractivity contribution in [3.8, 4) is 5.75 Å². The largest absolute Gasteiger partial charge is 0.497 e. The molecule has 1 unspecified atom stereocenters. The van der Waals surface area contributed by atoms with E-state index in [1.807, 2.05) is 11.8 Å². The Balaban J connectivity index is 2.31. The zero-order chi connectivity index (χ0) is 12.3. The molecular weight excluding hydrogens is 230 g/mol. The molecule has 17 heavy (non-hydrogen) atoms. The fourth-order valence-corrected chi connectivity index (χ4v) is 3.32. The molecule has 2 nitrogen and oxygen atoms in total. The maximum Gasteiger partial charge on any atom is 0.119 e. The number of thioether (sulfide) groups is 1. The summed E-state index contributed by atoms with van der Waals surface area (Å²) in [6, 6.07) is 7.42. The lowest BCUT2D eigenvalue weighted by Crippen LogP contribution is -2.28. The standard InChI is InChI=1S/C14H21NOS/c1-10(2)15-13-5-4-8-17-14-7-6-11(16-3)9-12(13)14/h6-7,9-10,13,15H,4-5,8H2,1-3H3. The molecule has 0 fully saturated rings. The topological polar surface area (TPSA) is 21.3 Å². The van der Waals surface area contributed by atoms with Crippen LogP contribution in [-0.4, -0.2) is 18.9 Å². The second kappa shape index (κ2) is 5.78. The number of rotatable bonds is 3. The minimum absolute atomic E-state index is 0.468. The van der Waals surface area contributed by atoms with Gasteiger partial charge in [-0.25, -0.2) is 0 Å². The van der Waals surface area contributed by atoms with Crippen LogP contribution in [0.2, 0.25) is 0 Å². The van der Waals surface area contributed by atoms with E-state index in [0.29, 0.717) is 12.1 Å². The lowest BCUT2D eigenvalue weighted by Gasteiger charge is -2.22. The van der Waals surface area contributed by atoms with E-state index in [-0.39, 0.29) is 0 Å². The summed E-state index contributed by atoms with van der Waals surface area (Å²) in [5.41, 5.74) is 1.40. The fourth-order valence-electron chi connectivity index (χ4n) is 2.26. The van der Waals surface area contributed by atoms with Crippen LogP contribution >= 0.6 is 11.8 Å². The summed E-state index contributed by atoms with van der Waals surface area (Å²) in [7, 11) is 1.73. The van der Waals surface area contributed by atoms with Crippen molar-refractivity contribution >= 4 is 11.8 Å². The average molecular weight is 251 g/mol. The Hall–Kier alpha value is -0.670. The minimum Gasteiger partial charge on any atom is -0.497 e. The van der Waals surface area contributed by atoms with Crippen molar-refractivity contribution in [2.24, 2.45) is 0 Å². The Morgan fingerprint density at radius 2 is 2.24 bits per heavy atom. The first-order chi connectivity index (χ1) is 8.20. The van der Waals surface area contributed by atoms with E-state index in [1.165, 1.54) is 29.1 Å². The van der Waals surface area contributed by atoms with Crippen LogP contribution in [0, 0.1) is 0 Å². The van der Waals surface area contributed by atoms with E-state index < -0.39 is 0 Å². The Morgan fingerprint density at radius 3 is 2.94 bits per heavy atom. The van der Waals surface area contributed by atoms with Crippen LogP contribution in [0.15, 0.2) is 23.1 Å². The maximum atomic E-state index is 5.34. The summed E-state index contributed by atoms with van der Waals surface area (Å²) in [6.45, 7) is 4.41. The Labute approximate surface area is 108 Å². The van der Waals surface area contributed by atoms with E-state index >= 15 is 0 Å². The molecule has 0 aliphatic carbocycles. The van der Waals surface area contributed by atoms with Crippen molar-refractivity contribution in [1.82, 2.24) is 5.32 Å². The first kappa shape index (κ1) is 12.8. The normalized spacial score (nSPS) is 19.9. The van der Waals surface area contributed by atoms with Gasteiger partial charge in [0.2, 0.25) is 0 Å². The molecule has 0 spiro atoms. The van der Waals surface area contributed by atoms with Gasteiger partial charge < -0.3 is 10.1 Å². The van der Waals surface area contributed by atoms with E-state index in [4.69, 9.17) is 4.74 Å². The average Bonchev–Trinajstić information content (AvgIpc) is 2.51. The summed E-state index contributed by atoms with van der Waals surface area (Å²) in [5, 5.41) is 3.66. The Bertz CT molecular complexity index is 378. The molecule has 0 bridgehead atoms. The lowest BCUT2D eigenvalue weighted by molar-refractivity contribution is 0.408. The van der Waals surface area contributed by atoms with Gasteiger partial charge in [-0.2, -0.15) is 0 Å². The molecule has 1 aliphatic heterocycles. The van der Waals surface area contributed by atoms with E-state index in [2.05, 4.69) is 37.4 Å². The van der Waals surface area contributed by atoms with Crippen LogP contribution in [0.4, 0.5) is 0 Å². The summed E-state index contributed by atoms with van der Waals surface area (Å²) in [5.74, 6) is 2.18. The molecule has 3 heteroatoms. The van der Waals surface area contributed by atoms with Gasteiger partial charge >= 0.3 is 0 Å². The van der Waals surface area contributed by atoms with Crippen LogP contribution in [0.25, 0.3) is 0 Å².